The van der Waals surface area contributed by atoms with Crippen molar-refractivity contribution in [2.75, 3.05) is 5.32 Å². The van der Waals surface area contributed by atoms with Gasteiger partial charge in [-0.15, -0.1) is 0 Å². The summed E-state index contributed by atoms with van der Waals surface area (Å²) in [5.74, 6) is 0.727. The monoisotopic (exact) mass is 290 g/mol. The molecule has 1 amide bonds. The van der Waals surface area contributed by atoms with Crippen LogP contribution in [-0.2, 0) is 4.79 Å². The summed E-state index contributed by atoms with van der Waals surface area (Å²) in [6.45, 7) is 12.5. The van der Waals surface area contributed by atoms with Gasteiger partial charge >= 0.3 is 0 Å². The second kappa shape index (κ2) is 7.08. The van der Waals surface area contributed by atoms with Crippen molar-refractivity contribution < 1.29 is 4.79 Å². The van der Waals surface area contributed by atoms with Crippen molar-refractivity contribution in [2.45, 2.75) is 71.8 Å². The zero-order chi connectivity index (χ0) is 16.2. The van der Waals surface area contributed by atoms with Crippen molar-refractivity contribution in [3.05, 3.63) is 29.3 Å². The highest BCUT2D eigenvalue weighted by molar-refractivity contribution is 5.98. The molecule has 3 heteroatoms. The molecule has 0 radical (unpaired) electrons. The van der Waals surface area contributed by atoms with Crippen LogP contribution in [0.2, 0.25) is 0 Å². The Kier molecular flexibility index (Phi) is 5.97. The first-order chi connectivity index (χ1) is 9.69. The molecule has 0 aliphatic rings. The molecule has 118 valence electrons. The van der Waals surface area contributed by atoms with Crippen molar-refractivity contribution in [3.63, 3.8) is 0 Å². The highest BCUT2D eigenvalue weighted by Gasteiger charge is 2.27. The van der Waals surface area contributed by atoms with Gasteiger partial charge in [-0.25, -0.2) is 0 Å². The van der Waals surface area contributed by atoms with Crippen LogP contribution in [-0.4, -0.2) is 11.4 Å². The molecule has 0 aliphatic heterocycles. The van der Waals surface area contributed by atoms with Gasteiger partial charge in [0.05, 0.1) is 5.54 Å². The molecule has 0 bridgehead atoms. The van der Waals surface area contributed by atoms with E-state index in [2.05, 4.69) is 45.1 Å². The number of amides is 1. The third kappa shape index (κ3) is 4.57. The van der Waals surface area contributed by atoms with Gasteiger partial charge < -0.3 is 11.1 Å². The van der Waals surface area contributed by atoms with Crippen LogP contribution >= 0.6 is 0 Å². The molecule has 0 spiro atoms. The molecule has 1 rings (SSSR count). The Morgan fingerprint density at radius 2 is 1.86 bits per heavy atom. The summed E-state index contributed by atoms with van der Waals surface area (Å²) in [5, 5.41) is 3.02. The van der Waals surface area contributed by atoms with E-state index in [1.807, 2.05) is 13.0 Å². The Bertz CT molecular complexity index is 490. The van der Waals surface area contributed by atoms with Gasteiger partial charge in [0, 0.05) is 5.69 Å². The smallest absolute Gasteiger partial charge is 0.244 e. The van der Waals surface area contributed by atoms with E-state index in [4.69, 9.17) is 5.73 Å². The lowest BCUT2D eigenvalue weighted by Crippen LogP contribution is -2.48. The Labute approximate surface area is 129 Å². The average Bonchev–Trinajstić information content (AvgIpc) is 2.38. The van der Waals surface area contributed by atoms with Gasteiger partial charge in [0.1, 0.15) is 0 Å². The molecule has 3 N–H and O–H groups in total. The number of nitrogens with one attached hydrogen (secondary N) is 1. The first-order valence-corrected chi connectivity index (χ1v) is 7.93. The van der Waals surface area contributed by atoms with E-state index >= 15 is 0 Å². The standard InChI is InChI=1S/C18H30N2O/c1-7-10-18(6,19)17(21)20-16-9-8-14(12(2)3)11-15(16)13(4)5/h8-9,11-13H,7,10,19H2,1-6H3,(H,20,21). The minimum atomic E-state index is -0.820. The zero-order valence-corrected chi connectivity index (χ0v) is 14.3. The summed E-state index contributed by atoms with van der Waals surface area (Å²) in [5.41, 5.74) is 8.63. The molecule has 1 atom stereocenters. The predicted octanol–water partition coefficient (Wildman–Crippen LogP) is 4.39. The minimum absolute atomic E-state index is 0.108. The van der Waals surface area contributed by atoms with Crippen LogP contribution in [0.4, 0.5) is 5.69 Å². The van der Waals surface area contributed by atoms with E-state index in [1.54, 1.807) is 6.92 Å². The fraction of sp³-hybridized carbons (Fsp3) is 0.611. The predicted molar refractivity (Wildman–Crippen MR) is 90.8 cm³/mol. The zero-order valence-electron chi connectivity index (χ0n) is 14.3. The maximum absolute atomic E-state index is 12.4. The summed E-state index contributed by atoms with van der Waals surface area (Å²) in [7, 11) is 0. The van der Waals surface area contributed by atoms with Crippen LogP contribution in [0.5, 0.6) is 0 Å². The lowest BCUT2D eigenvalue weighted by molar-refractivity contribution is -0.120. The topological polar surface area (TPSA) is 55.1 Å². The summed E-state index contributed by atoms with van der Waals surface area (Å²) < 4.78 is 0. The second-order valence-electron chi connectivity index (χ2n) is 6.78. The highest BCUT2D eigenvalue weighted by Crippen LogP contribution is 2.29. The molecule has 0 saturated heterocycles. The molecule has 1 aromatic rings. The lowest BCUT2D eigenvalue weighted by atomic mass is 9.92. The van der Waals surface area contributed by atoms with Crippen LogP contribution < -0.4 is 11.1 Å². The molecule has 1 unspecified atom stereocenters. The van der Waals surface area contributed by atoms with E-state index in [1.165, 1.54) is 11.1 Å². The van der Waals surface area contributed by atoms with Gasteiger partial charge in [-0.2, -0.15) is 0 Å². The molecule has 0 aromatic heterocycles. The molecule has 3 nitrogen and oxygen atoms in total. The fourth-order valence-corrected chi connectivity index (χ4v) is 2.43. The van der Waals surface area contributed by atoms with Gasteiger partial charge in [-0.3, -0.25) is 4.79 Å². The molecule has 0 saturated carbocycles. The van der Waals surface area contributed by atoms with Gasteiger partial charge in [0.25, 0.3) is 0 Å². The second-order valence-corrected chi connectivity index (χ2v) is 6.78. The SMILES string of the molecule is CCCC(C)(N)C(=O)Nc1ccc(C(C)C)cc1C(C)C. The fourth-order valence-electron chi connectivity index (χ4n) is 2.43. The number of hydrogen-bond donors (Lipinski definition) is 2. The molecule has 1 aromatic carbocycles. The lowest BCUT2D eigenvalue weighted by Gasteiger charge is -2.25. The average molecular weight is 290 g/mol. The Hall–Kier alpha value is -1.35. The van der Waals surface area contributed by atoms with E-state index in [0.29, 0.717) is 18.3 Å². The number of nitrogens with two attached hydrogens (primary N) is 1. The third-order valence-electron chi connectivity index (χ3n) is 3.90. The Morgan fingerprint density at radius 3 is 2.33 bits per heavy atom. The van der Waals surface area contributed by atoms with Crippen molar-refractivity contribution in [2.24, 2.45) is 5.73 Å². The van der Waals surface area contributed by atoms with Gasteiger partial charge in [0.15, 0.2) is 0 Å². The first-order valence-electron chi connectivity index (χ1n) is 7.93. The van der Waals surface area contributed by atoms with E-state index in [9.17, 15) is 4.79 Å². The van der Waals surface area contributed by atoms with Crippen LogP contribution in [0.15, 0.2) is 18.2 Å². The van der Waals surface area contributed by atoms with Crippen LogP contribution in [0.3, 0.4) is 0 Å². The largest absolute Gasteiger partial charge is 0.324 e. The van der Waals surface area contributed by atoms with Gasteiger partial charge in [-0.05, 0) is 42.4 Å². The van der Waals surface area contributed by atoms with Crippen LogP contribution in [0, 0.1) is 0 Å². The van der Waals surface area contributed by atoms with Crippen molar-refractivity contribution in [1.82, 2.24) is 0 Å². The van der Waals surface area contributed by atoms with E-state index < -0.39 is 5.54 Å². The first kappa shape index (κ1) is 17.7. The number of hydrogen-bond acceptors (Lipinski definition) is 2. The molecular weight excluding hydrogens is 260 g/mol. The van der Waals surface area contributed by atoms with Crippen LogP contribution in [0.25, 0.3) is 0 Å². The minimum Gasteiger partial charge on any atom is -0.324 e. The summed E-state index contributed by atoms with van der Waals surface area (Å²) in [4.78, 5) is 12.4. The van der Waals surface area contributed by atoms with Gasteiger partial charge in [-0.1, -0.05) is 53.2 Å². The number of anilines is 1. The van der Waals surface area contributed by atoms with Crippen LogP contribution in [0.1, 0.15) is 77.3 Å². The molecule has 0 heterocycles. The normalized spacial score (nSPS) is 14.3. The number of benzene rings is 1. The summed E-state index contributed by atoms with van der Waals surface area (Å²) in [6.07, 6.45) is 1.57. The summed E-state index contributed by atoms with van der Waals surface area (Å²) in [6, 6.07) is 6.28. The molecular formula is C18H30N2O. The molecule has 21 heavy (non-hydrogen) atoms. The van der Waals surface area contributed by atoms with Crippen molar-refractivity contribution in [1.29, 1.82) is 0 Å². The number of carbonyl (C=O) groups excluding carboxylic acids is 1. The quantitative estimate of drug-likeness (QED) is 0.816. The highest BCUT2D eigenvalue weighted by atomic mass is 16.2. The molecule has 0 fully saturated rings. The Morgan fingerprint density at radius 1 is 1.24 bits per heavy atom. The van der Waals surface area contributed by atoms with Crippen molar-refractivity contribution >= 4 is 11.6 Å². The molecule has 0 aliphatic carbocycles. The Balaban J connectivity index is 3.05. The number of carbonyl (C=O) groups is 1. The van der Waals surface area contributed by atoms with Gasteiger partial charge in [0.2, 0.25) is 5.91 Å². The number of rotatable bonds is 6. The third-order valence-corrected chi connectivity index (χ3v) is 3.90. The maximum Gasteiger partial charge on any atom is 0.244 e. The van der Waals surface area contributed by atoms with Crippen molar-refractivity contribution in [3.8, 4) is 0 Å². The van der Waals surface area contributed by atoms with E-state index in [-0.39, 0.29) is 5.91 Å². The van der Waals surface area contributed by atoms with E-state index in [0.717, 1.165) is 12.1 Å². The maximum atomic E-state index is 12.4. The summed E-state index contributed by atoms with van der Waals surface area (Å²) >= 11 is 0.